The smallest absolute Gasteiger partial charge is 0.338 e. The molecular formula is C12H9NO3. The second kappa shape index (κ2) is 4.07. The number of terminal acetylenes is 1. The summed E-state index contributed by atoms with van der Waals surface area (Å²) in [5.74, 6) is 1.73. The van der Waals surface area contributed by atoms with Crippen molar-refractivity contribution in [1.82, 2.24) is 5.32 Å². The first-order valence-electron chi connectivity index (χ1n) is 4.74. The van der Waals surface area contributed by atoms with E-state index in [0.29, 0.717) is 11.1 Å². The monoisotopic (exact) mass is 215 g/mol. The fourth-order valence-electron chi connectivity index (χ4n) is 1.51. The number of hydrogen-bond acceptors (Lipinski definition) is 3. The Kier molecular flexibility index (Phi) is 2.61. The van der Waals surface area contributed by atoms with Gasteiger partial charge >= 0.3 is 5.97 Å². The summed E-state index contributed by atoms with van der Waals surface area (Å²) in [5, 5.41) is 2.55. The summed E-state index contributed by atoms with van der Waals surface area (Å²) in [6.45, 7) is 0.412. The van der Waals surface area contributed by atoms with Crippen molar-refractivity contribution >= 4 is 11.9 Å². The maximum Gasteiger partial charge on any atom is 0.338 e. The van der Waals surface area contributed by atoms with Crippen LogP contribution in [0.4, 0.5) is 0 Å². The first kappa shape index (κ1) is 10.2. The van der Waals surface area contributed by atoms with E-state index in [9.17, 15) is 9.59 Å². The van der Waals surface area contributed by atoms with Crippen LogP contribution >= 0.6 is 0 Å². The van der Waals surface area contributed by atoms with Crippen LogP contribution in [0.5, 0.6) is 0 Å². The summed E-state index contributed by atoms with van der Waals surface area (Å²) in [6.07, 6.45) is 5.03. The van der Waals surface area contributed by atoms with Gasteiger partial charge in [0.05, 0.1) is 12.1 Å². The molecule has 80 valence electrons. The van der Waals surface area contributed by atoms with Gasteiger partial charge in [0.2, 0.25) is 0 Å². The number of benzene rings is 1. The summed E-state index contributed by atoms with van der Waals surface area (Å²) < 4.78 is 4.84. The van der Waals surface area contributed by atoms with E-state index < -0.39 is 0 Å². The molecule has 4 heteroatoms. The molecular weight excluding hydrogens is 206 g/mol. The zero-order chi connectivity index (χ0) is 11.5. The molecule has 0 saturated heterocycles. The topological polar surface area (TPSA) is 55.4 Å². The van der Waals surface area contributed by atoms with E-state index in [2.05, 4.69) is 11.2 Å². The van der Waals surface area contributed by atoms with E-state index in [4.69, 9.17) is 11.2 Å². The Morgan fingerprint density at radius 1 is 1.56 bits per heavy atom. The van der Waals surface area contributed by atoms with Crippen molar-refractivity contribution in [2.24, 2.45) is 0 Å². The average Bonchev–Trinajstić information content (AvgIpc) is 2.67. The molecule has 16 heavy (non-hydrogen) atoms. The number of ether oxygens (including phenoxy) is 1. The third kappa shape index (κ3) is 1.75. The lowest BCUT2D eigenvalue weighted by Gasteiger charge is -2.02. The molecule has 1 aliphatic rings. The lowest BCUT2D eigenvalue weighted by Crippen LogP contribution is -2.23. The Hall–Kier alpha value is -2.28. The van der Waals surface area contributed by atoms with Crippen LogP contribution in [0.3, 0.4) is 0 Å². The number of carbonyl (C=O) groups is 2. The van der Waals surface area contributed by atoms with Gasteiger partial charge in [0.25, 0.3) is 5.91 Å². The molecule has 0 saturated carbocycles. The van der Waals surface area contributed by atoms with Crippen molar-refractivity contribution in [3.8, 4) is 12.3 Å². The van der Waals surface area contributed by atoms with Crippen LogP contribution in [0.2, 0.25) is 0 Å². The minimum Gasteiger partial charge on any atom is -0.457 e. The quantitative estimate of drug-likeness (QED) is 0.584. The predicted octanol–water partition coefficient (Wildman–Crippen LogP) is 0.720. The van der Waals surface area contributed by atoms with Gasteiger partial charge in [-0.15, -0.1) is 6.42 Å². The fraction of sp³-hybridized carbons (Fsp3) is 0.167. The van der Waals surface area contributed by atoms with Crippen LogP contribution in [0.15, 0.2) is 18.2 Å². The molecule has 0 radical (unpaired) electrons. The molecule has 0 fully saturated rings. The van der Waals surface area contributed by atoms with Crippen LogP contribution < -0.4 is 5.32 Å². The van der Waals surface area contributed by atoms with Crippen molar-refractivity contribution in [3.05, 3.63) is 34.9 Å². The summed E-state index contributed by atoms with van der Waals surface area (Å²) >= 11 is 0. The number of nitrogens with one attached hydrogen (secondary N) is 1. The number of carbonyl (C=O) groups excluding carboxylic acids is 2. The fourth-order valence-corrected chi connectivity index (χ4v) is 1.51. The van der Waals surface area contributed by atoms with Gasteiger partial charge in [0, 0.05) is 11.1 Å². The Morgan fingerprint density at radius 3 is 3.12 bits per heavy atom. The number of cyclic esters (lactones) is 1. The summed E-state index contributed by atoms with van der Waals surface area (Å²) in [6, 6.07) is 4.82. The van der Waals surface area contributed by atoms with E-state index in [0.717, 1.165) is 5.56 Å². The number of hydrogen-bond donors (Lipinski definition) is 1. The predicted molar refractivity (Wildman–Crippen MR) is 56.7 cm³/mol. The van der Waals surface area contributed by atoms with Gasteiger partial charge in [-0.25, -0.2) is 4.79 Å². The van der Waals surface area contributed by atoms with Crippen molar-refractivity contribution < 1.29 is 14.3 Å². The molecule has 1 aliphatic heterocycles. The molecule has 1 N–H and O–H groups in total. The van der Waals surface area contributed by atoms with Crippen LogP contribution in [-0.2, 0) is 11.3 Å². The molecule has 0 unspecified atom stereocenters. The first-order valence-corrected chi connectivity index (χ1v) is 4.74. The molecule has 1 amide bonds. The number of amides is 1. The van der Waals surface area contributed by atoms with E-state index in [1.54, 1.807) is 18.2 Å². The normalized spacial score (nSPS) is 12.6. The molecule has 0 aliphatic carbocycles. The molecule has 0 aromatic heterocycles. The number of esters is 1. The highest BCUT2D eigenvalue weighted by Gasteiger charge is 2.21. The van der Waals surface area contributed by atoms with Gasteiger partial charge in [0.1, 0.15) is 6.61 Å². The molecule has 4 nitrogen and oxygen atoms in total. The van der Waals surface area contributed by atoms with E-state index in [1.807, 2.05) is 0 Å². The van der Waals surface area contributed by atoms with Gasteiger partial charge in [-0.05, 0) is 18.2 Å². The highest BCUT2D eigenvalue weighted by atomic mass is 16.5. The van der Waals surface area contributed by atoms with E-state index >= 15 is 0 Å². The third-order valence-electron chi connectivity index (χ3n) is 2.30. The lowest BCUT2D eigenvalue weighted by atomic mass is 10.1. The van der Waals surface area contributed by atoms with Crippen molar-refractivity contribution in [3.63, 3.8) is 0 Å². The summed E-state index contributed by atoms with van der Waals surface area (Å²) in [4.78, 5) is 22.7. The Balaban J connectivity index is 2.23. The number of rotatable bonds is 2. The summed E-state index contributed by atoms with van der Waals surface area (Å²) in [7, 11) is 0. The highest BCUT2D eigenvalue weighted by molar-refractivity contribution is 5.98. The molecule has 1 heterocycles. The van der Waals surface area contributed by atoms with Crippen LogP contribution in [0.1, 0.15) is 26.3 Å². The minimum atomic E-state index is -0.342. The van der Waals surface area contributed by atoms with Crippen molar-refractivity contribution in [2.45, 2.75) is 6.61 Å². The second-order valence-electron chi connectivity index (χ2n) is 3.33. The molecule has 0 bridgehead atoms. The van der Waals surface area contributed by atoms with E-state index in [1.165, 1.54) is 0 Å². The van der Waals surface area contributed by atoms with Crippen LogP contribution in [-0.4, -0.2) is 18.4 Å². The van der Waals surface area contributed by atoms with Gasteiger partial charge in [0.15, 0.2) is 0 Å². The molecule has 0 spiro atoms. The lowest BCUT2D eigenvalue weighted by molar-refractivity contribution is 0.0535. The zero-order valence-electron chi connectivity index (χ0n) is 8.45. The molecule has 1 aromatic rings. The first-order chi connectivity index (χ1) is 7.72. The average molecular weight is 215 g/mol. The zero-order valence-corrected chi connectivity index (χ0v) is 8.45. The second-order valence-corrected chi connectivity index (χ2v) is 3.33. The Labute approximate surface area is 92.6 Å². The summed E-state index contributed by atoms with van der Waals surface area (Å²) in [5.41, 5.74) is 1.74. The van der Waals surface area contributed by atoms with Crippen molar-refractivity contribution in [1.29, 1.82) is 0 Å². The molecule has 2 rings (SSSR count). The highest BCUT2D eigenvalue weighted by Crippen LogP contribution is 2.20. The standard InChI is InChI=1S/C12H9NO3/c1-2-5-13-11(14)8-3-4-10-9(6-8)7-16-12(10)15/h1,3-4,6H,5,7H2,(H,13,14). The molecule has 1 aromatic carbocycles. The Morgan fingerprint density at radius 2 is 2.38 bits per heavy atom. The largest absolute Gasteiger partial charge is 0.457 e. The Bertz CT molecular complexity index is 499. The van der Waals surface area contributed by atoms with Gasteiger partial charge < -0.3 is 10.1 Å². The molecule has 0 atom stereocenters. The van der Waals surface area contributed by atoms with Crippen LogP contribution in [0, 0.1) is 12.3 Å². The third-order valence-corrected chi connectivity index (χ3v) is 2.30. The minimum absolute atomic E-state index is 0.186. The van der Waals surface area contributed by atoms with E-state index in [-0.39, 0.29) is 25.0 Å². The van der Waals surface area contributed by atoms with Gasteiger partial charge in [-0.1, -0.05) is 5.92 Å². The van der Waals surface area contributed by atoms with Crippen LogP contribution in [0.25, 0.3) is 0 Å². The van der Waals surface area contributed by atoms with Gasteiger partial charge in [-0.2, -0.15) is 0 Å². The van der Waals surface area contributed by atoms with Crippen molar-refractivity contribution in [2.75, 3.05) is 6.54 Å². The maximum absolute atomic E-state index is 11.6. The van der Waals surface area contributed by atoms with Gasteiger partial charge in [-0.3, -0.25) is 4.79 Å². The number of fused-ring (bicyclic) bond motifs is 1. The SMILES string of the molecule is C#CCNC(=O)c1ccc2c(c1)COC2=O. The maximum atomic E-state index is 11.6.